The molecule has 31 heavy (non-hydrogen) atoms. The molecule has 5 rings (SSSR count). The van der Waals surface area contributed by atoms with Crippen LogP contribution >= 0.6 is 35.7 Å². The van der Waals surface area contributed by atoms with Crippen molar-refractivity contribution in [3.8, 4) is 0 Å². The molecule has 3 aliphatic rings. The Morgan fingerprint density at radius 1 is 1.26 bits per heavy atom. The first-order chi connectivity index (χ1) is 15.0. The van der Waals surface area contributed by atoms with E-state index in [0.717, 1.165) is 30.2 Å². The molecule has 1 saturated heterocycles. The van der Waals surface area contributed by atoms with Gasteiger partial charge in [0.1, 0.15) is 0 Å². The Balaban J connectivity index is 1.52. The molecule has 1 saturated carbocycles. The molecule has 2 heterocycles. The van der Waals surface area contributed by atoms with E-state index in [1.165, 1.54) is 28.3 Å². The highest BCUT2D eigenvalue weighted by molar-refractivity contribution is 8.26. The summed E-state index contributed by atoms with van der Waals surface area (Å²) in [5.74, 6) is -0.105. The number of thioether (sulfide) groups is 2. The number of hydrogen-bond donors (Lipinski definition) is 1. The van der Waals surface area contributed by atoms with Crippen LogP contribution < -0.4 is 4.90 Å². The predicted octanol–water partition coefficient (Wildman–Crippen LogP) is 6.08. The van der Waals surface area contributed by atoms with Gasteiger partial charge < -0.3 is 10.0 Å². The second-order valence-electron chi connectivity index (χ2n) is 7.79. The van der Waals surface area contributed by atoms with Gasteiger partial charge in [-0.3, -0.25) is 4.79 Å². The number of rotatable bonds is 3. The van der Waals surface area contributed by atoms with Crippen LogP contribution in [-0.4, -0.2) is 38.6 Å². The van der Waals surface area contributed by atoms with Gasteiger partial charge in [0, 0.05) is 28.2 Å². The number of fused-ring (bicyclic) bond motifs is 3. The summed E-state index contributed by atoms with van der Waals surface area (Å²) in [4.78, 5) is 28.4. The summed E-state index contributed by atoms with van der Waals surface area (Å²) in [6.07, 6.45) is 6.03. The van der Waals surface area contributed by atoms with E-state index in [1.807, 2.05) is 6.07 Å². The minimum atomic E-state index is -1.34. The van der Waals surface area contributed by atoms with Gasteiger partial charge in [-0.05, 0) is 66.6 Å². The highest BCUT2D eigenvalue weighted by Gasteiger charge is 2.42. The smallest absolute Gasteiger partial charge is 0.420 e. The van der Waals surface area contributed by atoms with Crippen LogP contribution in [0.5, 0.6) is 0 Å². The molecule has 2 fully saturated rings. The summed E-state index contributed by atoms with van der Waals surface area (Å²) in [6, 6.07) is 15.4. The van der Waals surface area contributed by atoms with Crippen LogP contribution in [0.4, 0.5) is 16.2 Å². The third-order valence-electron chi connectivity index (χ3n) is 6.14. The zero-order chi connectivity index (χ0) is 21.7. The molecular weight excluding hydrogens is 448 g/mol. The second kappa shape index (κ2) is 8.00. The van der Waals surface area contributed by atoms with Gasteiger partial charge in [-0.25, -0.2) is 4.79 Å². The van der Waals surface area contributed by atoms with Gasteiger partial charge in [0.25, 0.3) is 5.91 Å². The zero-order valence-corrected chi connectivity index (χ0v) is 19.2. The Hall–Kier alpha value is -2.29. The number of carboxylic acid groups (broad SMARTS) is 1. The topological polar surface area (TPSA) is 60.9 Å². The van der Waals surface area contributed by atoms with Gasteiger partial charge in [0.05, 0.1) is 4.91 Å². The maximum atomic E-state index is 12.4. The standard InChI is InChI=1S/C23H20N2O3S3/c1-30-15-5-2-4-14(12-15)24-18-7-3-6-16(18)17-10-13(8-9-19(17)24)11-20-21(26)25(22(27)28)23(29)31-20/h2,4-5,8-12,16,18H,3,6-7H2,1H3,(H,27,28)/b20-11+. The average Bonchev–Trinajstić information content (AvgIpc) is 3.41. The molecule has 5 nitrogen and oxygen atoms in total. The molecule has 158 valence electrons. The first-order valence-corrected chi connectivity index (χ1v) is 12.5. The number of thiocarbonyl (C=S) groups is 1. The Morgan fingerprint density at radius 3 is 2.84 bits per heavy atom. The number of anilines is 2. The molecular formula is C23H20N2O3S3. The molecule has 2 amide bonds. The fourth-order valence-corrected chi connectivity index (χ4v) is 6.54. The number of imide groups is 1. The summed E-state index contributed by atoms with van der Waals surface area (Å²) < 4.78 is 0.0561. The number of amides is 2. The van der Waals surface area contributed by atoms with E-state index in [2.05, 4.69) is 47.6 Å². The molecule has 2 unspecified atom stereocenters. The molecule has 2 aliphatic heterocycles. The summed E-state index contributed by atoms with van der Waals surface area (Å²) >= 11 is 7.84. The van der Waals surface area contributed by atoms with Crippen LogP contribution in [0, 0.1) is 0 Å². The highest BCUT2D eigenvalue weighted by atomic mass is 32.2. The quantitative estimate of drug-likeness (QED) is 0.333. The van der Waals surface area contributed by atoms with Crippen molar-refractivity contribution in [2.24, 2.45) is 0 Å². The van der Waals surface area contributed by atoms with Gasteiger partial charge in [-0.2, -0.15) is 4.90 Å². The molecule has 2 aromatic carbocycles. The lowest BCUT2D eigenvalue weighted by Gasteiger charge is -2.27. The number of carbonyl (C=O) groups excluding carboxylic acids is 1. The Labute approximate surface area is 194 Å². The first-order valence-electron chi connectivity index (χ1n) is 10.1. The lowest BCUT2D eigenvalue weighted by Crippen LogP contribution is -2.33. The fourth-order valence-electron chi connectivity index (χ4n) is 4.84. The van der Waals surface area contributed by atoms with Crippen molar-refractivity contribution in [1.82, 2.24) is 4.90 Å². The second-order valence-corrected chi connectivity index (χ2v) is 10.3. The van der Waals surface area contributed by atoms with Gasteiger partial charge in [0.15, 0.2) is 4.32 Å². The van der Waals surface area contributed by atoms with E-state index in [0.29, 0.717) is 21.8 Å². The van der Waals surface area contributed by atoms with Crippen molar-refractivity contribution in [3.05, 3.63) is 58.5 Å². The van der Waals surface area contributed by atoms with Crippen molar-refractivity contribution >= 4 is 69.5 Å². The molecule has 1 aliphatic carbocycles. The van der Waals surface area contributed by atoms with Crippen LogP contribution in [0.1, 0.15) is 36.3 Å². The van der Waals surface area contributed by atoms with Crippen molar-refractivity contribution in [2.45, 2.75) is 36.1 Å². The highest BCUT2D eigenvalue weighted by Crippen LogP contribution is 2.52. The summed E-state index contributed by atoms with van der Waals surface area (Å²) in [7, 11) is 0. The largest absolute Gasteiger partial charge is 0.464 e. The average molecular weight is 469 g/mol. The SMILES string of the molecule is CSc1cccc(N2c3ccc(/C=C4/SC(=S)N(C(=O)O)C4=O)cc3C3CCCC32)c1. The molecule has 0 radical (unpaired) electrons. The van der Waals surface area contributed by atoms with Crippen molar-refractivity contribution in [1.29, 1.82) is 0 Å². The molecule has 8 heteroatoms. The summed E-state index contributed by atoms with van der Waals surface area (Å²) in [5.41, 5.74) is 4.65. The van der Waals surface area contributed by atoms with Crippen LogP contribution in [0.25, 0.3) is 6.08 Å². The van der Waals surface area contributed by atoms with E-state index in [1.54, 1.807) is 17.8 Å². The molecule has 0 bridgehead atoms. The van der Waals surface area contributed by atoms with E-state index < -0.39 is 12.0 Å². The molecule has 1 N–H and O–H groups in total. The minimum absolute atomic E-state index is 0.0561. The van der Waals surface area contributed by atoms with Crippen LogP contribution in [0.2, 0.25) is 0 Å². The molecule has 2 aromatic rings. The summed E-state index contributed by atoms with van der Waals surface area (Å²) in [6.45, 7) is 0. The van der Waals surface area contributed by atoms with E-state index >= 15 is 0 Å². The summed E-state index contributed by atoms with van der Waals surface area (Å²) in [5, 5.41) is 9.21. The zero-order valence-electron chi connectivity index (χ0n) is 16.8. The minimum Gasteiger partial charge on any atom is -0.464 e. The number of hydrogen-bond acceptors (Lipinski definition) is 6. The van der Waals surface area contributed by atoms with E-state index in [9.17, 15) is 14.7 Å². The van der Waals surface area contributed by atoms with Gasteiger partial charge in [-0.1, -0.05) is 42.5 Å². The lowest BCUT2D eigenvalue weighted by atomic mass is 9.96. The number of nitrogens with zero attached hydrogens (tertiary/aromatic N) is 2. The van der Waals surface area contributed by atoms with Crippen LogP contribution in [0.15, 0.2) is 52.3 Å². The van der Waals surface area contributed by atoms with Crippen molar-refractivity contribution in [2.75, 3.05) is 11.2 Å². The third-order valence-corrected chi connectivity index (χ3v) is 8.16. The van der Waals surface area contributed by atoms with E-state index in [-0.39, 0.29) is 4.32 Å². The lowest BCUT2D eigenvalue weighted by molar-refractivity contribution is -0.120. The Morgan fingerprint density at radius 2 is 2.10 bits per heavy atom. The van der Waals surface area contributed by atoms with Crippen LogP contribution in [-0.2, 0) is 4.79 Å². The first kappa shape index (κ1) is 20.6. The third kappa shape index (κ3) is 3.46. The number of benzene rings is 2. The maximum Gasteiger partial charge on any atom is 0.420 e. The van der Waals surface area contributed by atoms with Crippen molar-refractivity contribution in [3.63, 3.8) is 0 Å². The number of carbonyl (C=O) groups is 2. The Kier molecular flexibility index (Phi) is 5.32. The molecule has 0 aromatic heterocycles. The van der Waals surface area contributed by atoms with Gasteiger partial charge in [-0.15, -0.1) is 11.8 Å². The predicted molar refractivity (Wildman–Crippen MR) is 130 cm³/mol. The molecule has 0 spiro atoms. The normalized spacial score (nSPS) is 23.6. The monoisotopic (exact) mass is 468 g/mol. The van der Waals surface area contributed by atoms with Gasteiger partial charge in [0.2, 0.25) is 0 Å². The van der Waals surface area contributed by atoms with Gasteiger partial charge >= 0.3 is 6.09 Å². The van der Waals surface area contributed by atoms with E-state index in [4.69, 9.17) is 12.2 Å². The Bertz CT molecular complexity index is 1150. The molecule has 2 atom stereocenters. The fraction of sp³-hybridized carbons (Fsp3) is 0.261. The van der Waals surface area contributed by atoms with Crippen molar-refractivity contribution < 1.29 is 14.7 Å². The van der Waals surface area contributed by atoms with Crippen LogP contribution in [0.3, 0.4) is 0 Å². The maximum absolute atomic E-state index is 12.4.